The van der Waals surface area contributed by atoms with Crippen molar-refractivity contribution in [3.63, 3.8) is 0 Å². The van der Waals surface area contributed by atoms with Crippen molar-refractivity contribution in [2.45, 2.75) is 0 Å². The molecule has 7 heteroatoms. The first-order valence-electron chi connectivity index (χ1n) is 6.06. The zero-order chi connectivity index (χ0) is 15.2. The van der Waals surface area contributed by atoms with E-state index in [0.29, 0.717) is 15.8 Å². The molecule has 0 bridgehead atoms. The van der Waals surface area contributed by atoms with Gasteiger partial charge in [-0.3, -0.25) is 4.79 Å². The number of rotatable bonds is 5. The third kappa shape index (κ3) is 4.81. The third-order valence-electron chi connectivity index (χ3n) is 2.51. The highest BCUT2D eigenvalue weighted by atomic mass is 35.5. The minimum absolute atomic E-state index is 0.187. The highest BCUT2D eigenvalue weighted by Gasteiger charge is 2.05. The summed E-state index contributed by atoms with van der Waals surface area (Å²) in [6.45, 7) is -0.187. The molecule has 1 aromatic heterocycles. The number of amides is 1. The molecule has 0 radical (unpaired) electrons. The summed E-state index contributed by atoms with van der Waals surface area (Å²) in [7, 11) is 1.90. The normalized spacial score (nSPS) is 10.8. The van der Waals surface area contributed by atoms with Crippen molar-refractivity contribution in [2.75, 3.05) is 6.61 Å². The van der Waals surface area contributed by atoms with E-state index in [9.17, 15) is 4.79 Å². The molecule has 0 aliphatic carbocycles. The number of hydrogen-bond acceptors (Lipinski definition) is 3. The van der Waals surface area contributed by atoms with Crippen LogP contribution in [-0.4, -0.2) is 23.3 Å². The molecule has 1 aromatic carbocycles. The van der Waals surface area contributed by atoms with E-state index < -0.39 is 0 Å². The Morgan fingerprint density at radius 2 is 2.24 bits per heavy atom. The van der Waals surface area contributed by atoms with Gasteiger partial charge in [-0.15, -0.1) is 0 Å². The van der Waals surface area contributed by atoms with Crippen LogP contribution < -0.4 is 10.2 Å². The summed E-state index contributed by atoms with van der Waals surface area (Å²) < 4.78 is 7.16. The quantitative estimate of drug-likeness (QED) is 0.678. The molecular formula is C14H13Cl2N3O2. The first-order chi connectivity index (χ1) is 10.0. The molecule has 1 amide bonds. The van der Waals surface area contributed by atoms with E-state index >= 15 is 0 Å². The molecule has 21 heavy (non-hydrogen) atoms. The Kier molecular flexibility index (Phi) is 5.25. The maximum atomic E-state index is 11.6. The summed E-state index contributed by atoms with van der Waals surface area (Å²) in [4.78, 5) is 11.6. The van der Waals surface area contributed by atoms with Gasteiger partial charge in [0.2, 0.25) is 0 Å². The lowest BCUT2D eigenvalue weighted by Gasteiger charge is -2.06. The number of hydrogen-bond donors (Lipinski definition) is 1. The van der Waals surface area contributed by atoms with E-state index in [0.717, 1.165) is 5.56 Å². The number of aryl methyl sites for hydroxylation is 1. The molecule has 110 valence electrons. The monoisotopic (exact) mass is 325 g/mol. The average molecular weight is 326 g/mol. The standard InChI is InChI=1S/C14H13Cl2N3O2/c1-19-5-4-10(8-19)7-17-18-14(20)9-21-13-3-2-11(15)6-12(13)16/h2-8H,9H2,1H3,(H,18,20)/b17-7+. The van der Waals surface area contributed by atoms with Gasteiger partial charge < -0.3 is 9.30 Å². The summed E-state index contributed by atoms with van der Waals surface area (Å²) in [6.07, 6.45) is 5.31. The molecular weight excluding hydrogens is 313 g/mol. The molecule has 2 aromatic rings. The van der Waals surface area contributed by atoms with Gasteiger partial charge in [-0.2, -0.15) is 5.10 Å². The second kappa shape index (κ2) is 7.15. The maximum Gasteiger partial charge on any atom is 0.277 e. The highest BCUT2D eigenvalue weighted by molar-refractivity contribution is 6.35. The number of ether oxygens (including phenoxy) is 1. The van der Waals surface area contributed by atoms with Gasteiger partial charge in [0.15, 0.2) is 6.61 Å². The number of nitrogens with one attached hydrogen (secondary N) is 1. The van der Waals surface area contributed by atoms with Crippen molar-refractivity contribution >= 4 is 35.3 Å². The van der Waals surface area contributed by atoms with E-state index in [1.54, 1.807) is 24.4 Å². The fourth-order valence-electron chi connectivity index (χ4n) is 1.55. The summed E-state index contributed by atoms with van der Waals surface area (Å²) in [5, 5.41) is 4.69. The number of hydrazone groups is 1. The van der Waals surface area contributed by atoms with Crippen LogP contribution in [0.25, 0.3) is 0 Å². The summed E-state index contributed by atoms with van der Waals surface area (Å²) >= 11 is 11.7. The number of halogens is 2. The fourth-order valence-corrected chi connectivity index (χ4v) is 2.01. The minimum Gasteiger partial charge on any atom is -0.482 e. The largest absolute Gasteiger partial charge is 0.482 e. The zero-order valence-corrected chi connectivity index (χ0v) is 12.7. The Hall–Kier alpha value is -1.98. The van der Waals surface area contributed by atoms with Gasteiger partial charge in [-0.1, -0.05) is 23.2 Å². The molecule has 1 N–H and O–H groups in total. The number of aromatic nitrogens is 1. The zero-order valence-electron chi connectivity index (χ0n) is 11.2. The van der Waals surface area contributed by atoms with Crippen molar-refractivity contribution in [3.05, 3.63) is 52.3 Å². The highest BCUT2D eigenvalue weighted by Crippen LogP contribution is 2.27. The molecule has 0 fully saturated rings. The minimum atomic E-state index is -0.381. The van der Waals surface area contributed by atoms with Crippen molar-refractivity contribution in [2.24, 2.45) is 12.1 Å². The van der Waals surface area contributed by atoms with Gasteiger partial charge in [0.25, 0.3) is 5.91 Å². The Balaban J connectivity index is 1.81. The average Bonchev–Trinajstić information content (AvgIpc) is 2.83. The van der Waals surface area contributed by atoms with Crippen LogP contribution in [0.2, 0.25) is 10.0 Å². The van der Waals surface area contributed by atoms with Crippen LogP contribution in [-0.2, 0) is 11.8 Å². The lowest BCUT2D eigenvalue weighted by molar-refractivity contribution is -0.123. The van der Waals surface area contributed by atoms with Gasteiger partial charge in [0.05, 0.1) is 11.2 Å². The Bertz CT molecular complexity index is 668. The van der Waals surface area contributed by atoms with E-state index in [2.05, 4.69) is 10.5 Å². The molecule has 0 saturated heterocycles. The summed E-state index contributed by atoms with van der Waals surface area (Å²) in [5.74, 6) is 0.0106. The van der Waals surface area contributed by atoms with Gasteiger partial charge >= 0.3 is 0 Å². The van der Waals surface area contributed by atoms with Crippen molar-refractivity contribution in [1.82, 2.24) is 9.99 Å². The second-order valence-electron chi connectivity index (χ2n) is 4.27. The van der Waals surface area contributed by atoms with Gasteiger partial charge in [0.1, 0.15) is 5.75 Å². The maximum absolute atomic E-state index is 11.6. The number of carbonyl (C=O) groups excluding carboxylic acids is 1. The summed E-state index contributed by atoms with van der Waals surface area (Å²) in [6, 6.07) is 6.66. The molecule has 5 nitrogen and oxygen atoms in total. The van der Waals surface area contributed by atoms with E-state index in [1.807, 2.05) is 30.1 Å². The Morgan fingerprint density at radius 1 is 1.43 bits per heavy atom. The van der Waals surface area contributed by atoms with Crippen LogP contribution in [0, 0.1) is 0 Å². The lowest BCUT2D eigenvalue weighted by Crippen LogP contribution is -2.24. The van der Waals surface area contributed by atoms with Gasteiger partial charge in [-0.05, 0) is 24.3 Å². The first-order valence-corrected chi connectivity index (χ1v) is 6.82. The van der Waals surface area contributed by atoms with Crippen molar-refractivity contribution in [3.8, 4) is 5.75 Å². The summed E-state index contributed by atoms with van der Waals surface area (Å²) in [5.41, 5.74) is 3.26. The SMILES string of the molecule is Cn1ccc(/C=N/NC(=O)COc2ccc(Cl)cc2Cl)c1. The third-order valence-corrected chi connectivity index (χ3v) is 3.04. The van der Waals surface area contributed by atoms with Crippen molar-refractivity contribution < 1.29 is 9.53 Å². The molecule has 2 rings (SSSR count). The number of carbonyl (C=O) groups is 1. The van der Waals surface area contributed by atoms with Gasteiger partial charge in [-0.25, -0.2) is 5.43 Å². The molecule has 0 atom stereocenters. The van der Waals surface area contributed by atoms with E-state index in [-0.39, 0.29) is 12.5 Å². The Morgan fingerprint density at radius 3 is 2.90 bits per heavy atom. The fraction of sp³-hybridized carbons (Fsp3) is 0.143. The smallest absolute Gasteiger partial charge is 0.277 e. The molecule has 0 saturated carbocycles. The van der Waals surface area contributed by atoms with Crippen LogP contribution in [0.3, 0.4) is 0 Å². The molecule has 0 aliphatic heterocycles. The number of benzene rings is 1. The molecule has 0 spiro atoms. The predicted molar refractivity (Wildman–Crippen MR) is 83.1 cm³/mol. The van der Waals surface area contributed by atoms with Crippen LogP contribution >= 0.6 is 23.2 Å². The van der Waals surface area contributed by atoms with E-state index in [4.69, 9.17) is 27.9 Å². The lowest BCUT2D eigenvalue weighted by atomic mass is 10.3. The van der Waals surface area contributed by atoms with Crippen LogP contribution in [0.1, 0.15) is 5.56 Å². The van der Waals surface area contributed by atoms with Crippen LogP contribution in [0.15, 0.2) is 41.8 Å². The topological polar surface area (TPSA) is 55.6 Å². The Labute approximate surface area is 132 Å². The van der Waals surface area contributed by atoms with Crippen LogP contribution in [0.5, 0.6) is 5.75 Å². The molecule has 1 heterocycles. The number of nitrogens with zero attached hydrogens (tertiary/aromatic N) is 2. The van der Waals surface area contributed by atoms with Crippen LogP contribution in [0.4, 0.5) is 0 Å². The molecule has 0 unspecified atom stereocenters. The molecule has 0 aliphatic rings. The van der Waals surface area contributed by atoms with Crippen molar-refractivity contribution in [1.29, 1.82) is 0 Å². The predicted octanol–water partition coefficient (Wildman–Crippen LogP) is 2.86. The second-order valence-corrected chi connectivity index (χ2v) is 5.11. The van der Waals surface area contributed by atoms with E-state index in [1.165, 1.54) is 0 Å². The van der Waals surface area contributed by atoms with Gasteiger partial charge in [0, 0.05) is 30.0 Å². The first kappa shape index (κ1) is 15.4.